The van der Waals surface area contributed by atoms with Crippen molar-refractivity contribution in [2.45, 2.75) is 63.5 Å². The van der Waals surface area contributed by atoms with Gasteiger partial charge in [0.2, 0.25) is 0 Å². The molecular weight excluding hydrogens is 190 g/mol. The standard InChI is InChI=1S/C12H21NO2/c1-2-15-11(14)12(8-9-12)13-10-6-4-3-5-7-10/h10,13H,2-9H2,1H3. The third kappa shape index (κ3) is 2.51. The zero-order chi connectivity index (χ0) is 10.7. The highest BCUT2D eigenvalue weighted by molar-refractivity contribution is 5.84. The lowest BCUT2D eigenvalue weighted by molar-refractivity contribution is -0.147. The molecule has 2 fully saturated rings. The average molecular weight is 211 g/mol. The highest BCUT2D eigenvalue weighted by atomic mass is 16.5. The van der Waals surface area contributed by atoms with E-state index in [4.69, 9.17) is 4.74 Å². The van der Waals surface area contributed by atoms with Gasteiger partial charge in [-0.2, -0.15) is 0 Å². The molecule has 0 unspecified atom stereocenters. The van der Waals surface area contributed by atoms with E-state index in [1.807, 2.05) is 6.92 Å². The van der Waals surface area contributed by atoms with Crippen molar-refractivity contribution in [2.24, 2.45) is 0 Å². The molecule has 0 aromatic heterocycles. The van der Waals surface area contributed by atoms with E-state index in [0.717, 1.165) is 12.8 Å². The average Bonchev–Trinajstić information content (AvgIpc) is 3.01. The summed E-state index contributed by atoms with van der Waals surface area (Å²) in [5.41, 5.74) is -0.294. The summed E-state index contributed by atoms with van der Waals surface area (Å²) < 4.78 is 5.11. The molecule has 0 aromatic rings. The Morgan fingerprint density at radius 2 is 2.00 bits per heavy atom. The molecule has 0 spiro atoms. The molecule has 2 rings (SSSR count). The number of carbonyl (C=O) groups is 1. The SMILES string of the molecule is CCOC(=O)C1(NC2CCCCC2)CC1. The predicted molar refractivity (Wildman–Crippen MR) is 58.6 cm³/mol. The minimum atomic E-state index is -0.294. The fourth-order valence-corrected chi connectivity index (χ4v) is 2.44. The third-order valence-electron chi connectivity index (χ3n) is 3.50. The van der Waals surface area contributed by atoms with Crippen LogP contribution in [0, 0.1) is 0 Å². The maximum absolute atomic E-state index is 11.7. The first-order valence-corrected chi connectivity index (χ1v) is 6.22. The summed E-state index contributed by atoms with van der Waals surface area (Å²) >= 11 is 0. The Balaban J connectivity index is 1.84. The van der Waals surface area contributed by atoms with Crippen molar-refractivity contribution in [3.63, 3.8) is 0 Å². The molecule has 1 N–H and O–H groups in total. The van der Waals surface area contributed by atoms with Gasteiger partial charge >= 0.3 is 5.97 Å². The summed E-state index contributed by atoms with van der Waals surface area (Å²) in [6, 6.07) is 0.547. The molecule has 0 heterocycles. The van der Waals surface area contributed by atoms with Gasteiger partial charge in [-0.3, -0.25) is 10.1 Å². The van der Waals surface area contributed by atoms with Crippen LogP contribution in [0.15, 0.2) is 0 Å². The van der Waals surface area contributed by atoms with Gasteiger partial charge in [-0.05, 0) is 32.6 Å². The molecule has 2 aliphatic carbocycles. The van der Waals surface area contributed by atoms with Crippen LogP contribution in [0.5, 0.6) is 0 Å². The van der Waals surface area contributed by atoms with Crippen LogP contribution in [0.2, 0.25) is 0 Å². The van der Waals surface area contributed by atoms with Gasteiger partial charge in [-0.25, -0.2) is 0 Å². The number of ether oxygens (including phenoxy) is 1. The highest BCUT2D eigenvalue weighted by Crippen LogP contribution is 2.38. The van der Waals surface area contributed by atoms with Crippen molar-refractivity contribution in [3.05, 3.63) is 0 Å². The zero-order valence-electron chi connectivity index (χ0n) is 9.55. The quantitative estimate of drug-likeness (QED) is 0.723. The second-order valence-corrected chi connectivity index (χ2v) is 4.78. The van der Waals surface area contributed by atoms with E-state index in [2.05, 4.69) is 5.32 Å². The van der Waals surface area contributed by atoms with Crippen LogP contribution in [-0.2, 0) is 9.53 Å². The smallest absolute Gasteiger partial charge is 0.326 e. The molecule has 0 atom stereocenters. The van der Waals surface area contributed by atoms with Crippen LogP contribution >= 0.6 is 0 Å². The molecule has 0 amide bonds. The Morgan fingerprint density at radius 1 is 1.33 bits per heavy atom. The van der Waals surface area contributed by atoms with E-state index in [1.54, 1.807) is 0 Å². The Bertz CT molecular complexity index is 230. The fourth-order valence-electron chi connectivity index (χ4n) is 2.44. The van der Waals surface area contributed by atoms with Crippen LogP contribution in [0.1, 0.15) is 51.9 Å². The van der Waals surface area contributed by atoms with Gasteiger partial charge in [0.15, 0.2) is 0 Å². The molecule has 15 heavy (non-hydrogen) atoms. The first-order chi connectivity index (χ1) is 7.27. The second kappa shape index (κ2) is 4.52. The minimum absolute atomic E-state index is 0.0319. The van der Waals surface area contributed by atoms with Crippen LogP contribution in [-0.4, -0.2) is 24.2 Å². The number of carbonyl (C=O) groups excluding carboxylic acids is 1. The van der Waals surface area contributed by atoms with Crippen molar-refractivity contribution in [1.82, 2.24) is 5.32 Å². The molecule has 0 saturated heterocycles. The molecule has 0 aliphatic heterocycles. The highest BCUT2D eigenvalue weighted by Gasteiger charge is 2.52. The van der Waals surface area contributed by atoms with Gasteiger partial charge in [-0.15, -0.1) is 0 Å². The molecule has 3 heteroatoms. The summed E-state index contributed by atoms with van der Waals surface area (Å²) in [4.78, 5) is 11.7. The van der Waals surface area contributed by atoms with Crippen molar-refractivity contribution < 1.29 is 9.53 Å². The Kier molecular flexibility index (Phi) is 3.29. The number of rotatable bonds is 4. The molecule has 0 aromatic carbocycles. The van der Waals surface area contributed by atoms with E-state index in [0.29, 0.717) is 12.6 Å². The molecule has 3 nitrogen and oxygen atoms in total. The van der Waals surface area contributed by atoms with Crippen molar-refractivity contribution in [1.29, 1.82) is 0 Å². The molecule has 86 valence electrons. The van der Waals surface area contributed by atoms with Gasteiger partial charge < -0.3 is 4.74 Å². The predicted octanol–water partition coefficient (Wildman–Crippen LogP) is 2.00. The normalized spacial score (nSPS) is 24.9. The zero-order valence-corrected chi connectivity index (χ0v) is 9.55. The molecule has 0 bridgehead atoms. The van der Waals surface area contributed by atoms with Gasteiger partial charge in [0.1, 0.15) is 5.54 Å². The number of hydrogen-bond donors (Lipinski definition) is 1. The summed E-state index contributed by atoms with van der Waals surface area (Å²) in [5.74, 6) is -0.0319. The first-order valence-electron chi connectivity index (χ1n) is 6.22. The Hall–Kier alpha value is -0.570. The van der Waals surface area contributed by atoms with E-state index < -0.39 is 0 Å². The van der Waals surface area contributed by atoms with Crippen molar-refractivity contribution >= 4 is 5.97 Å². The maximum atomic E-state index is 11.7. The minimum Gasteiger partial charge on any atom is -0.465 e. The topological polar surface area (TPSA) is 38.3 Å². The Morgan fingerprint density at radius 3 is 2.53 bits per heavy atom. The molecule has 0 radical (unpaired) electrons. The summed E-state index contributed by atoms with van der Waals surface area (Å²) in [6.45, 7) is 2.36. The van der Waals surface area contributed by atoms with Gasteiger partial charge in [0.05, 0.1) is 6.61 Å². The van der Waals surface area contributed by atoms with E-state index >= 15 is 0 Å². The lowest BCUT2D eigenvalue weighted by atomic mass is 9.94. The maximum Gasteiger partial charge on any atom is 0.326 e. The molecule has 2 aliphatic rings. The Labute approximate surface area is 91.6 Å². The summed E-state index contributed by atoms with van der Waals surface area (Å²) in [5, 5.41) is 3.52. The van der Waals surface area contributed by atoms with Gasteiger partial charge in [0.25, 0.3) is 0 Å². The van der Waals surface area contributed by atoms with Crippen LogP contribution in [0.25, 0.3) is 0 Å². The van der Waals surface area contributed by atoms with E-state index in [1.165, 1.54) is 32.1 Å². The van der Waals surface area contributed by atoms with Crippen LogP contribution in [0.4, 0.5) is 0 Å². The summed E-state index contributed by atoms with van der Waals surface area (Å²) in [6.07, 6.45) is 8.32. The molecular formula is C12H21NO2. The van der Waals surface area contributed by atoms with Crippen LogP contribution < -0.4 is 5.32 Å². The van der Waals surface area contributed by atoms with E-state index in [9.17, 15) is 4.79 Å². The fraction of sp³-hybridized carbons (Fsp3) is 0.917. The monoisotopic (exact) mass is 211 g/mol. The largest absolute Gasteiger partial charge is 0.465 e. The summed E-state index contributed by atoms with van der Waals surface area (Å²) in [7, 11) is 0. The van der Waals surface area contributed by atoms with E-state index in [-0.39, 0.29) is 11.5 Å². The van der Waals surface area contributed by atoms with Gasteiger partial charge in [0, 0.05) is 6.04 Å². The third-order valence-corrected chi connectivity index (χ3v) is 3.50. The number of esters is 1. The van der Waals surface area contributed by atoms with Crippen molar-refractivity contribution in [2.75, 3.05) is 6.61 Å². The van der Waals surface area contributed by atoms with Crippen molar-refractivity contribution in [3.8, 4) is 0 Å². The lowest BCUT2D eigenvalue weighted by Gasteiger charge is -2.27. The first kappa shape index (κ1) is 10.9. The number of nitrogens with one attached hydrogen (secondary N) is 1. The van der Waals surface area contributed by atoms with Crippen LogP contribution in [0.3, 0.4) is 0 Å². The second-order valence-electron chi connectivity index (χ2n) is 4.78. The number of hydrogen-bond acceptors (Lipinski definition) is 3. The molecule has 2 saturated carbocycles. The lowest BCUT2D eigenvalue weighted by Crippen LogP contribution is -2.47. The van der Waals surface area contributed by atoms with Gasteiger partial charge in [-0.1, -0.05) is 19.3 Å².